The molecule has 1 heterocycles. The van der Waals surface area contributed by atoms with Crippen molar-refractivity contribution in [2.75, 3.05) is 13.1 Å². The quantitative estimate of drug-likeness (QED) is 0.754. The van der Waals surface area contributed by atoms with Gasteiger partial charge in [-0.2, -0.15) is 0 Å². The first-order valence-electron chi connectivity index (χ1n) is 11.5. The van der Waals surface area contributed by atoms with Crippen LogP contribution in [0, 0.1) is 23.2 Å². The molecule has 4 bridgehead atoms. The summed E-state index contributed by atoms with van der Waals surface area (Å²) in [7, 11) is 0. The second-order valence-electron chi connectivity index (χ2n) is 10.6. The topological polar surface area (TPSA) is 78.5 Å². The van der Waals surface area contributed by atoms with Gasteiger partial charge in [0.1, 0.15) is 12.1 Å². The number of hydrogen-bond donors (Lipinski definition) is 2. The maximum absolute atomic E-state index is 13.2. The molecule has 6 heteroatoms. The van der Waals surface area contributed by atoms with Crippen LogP contribution in [0.5, 0.6) is 0 Å². The number of nitrogens with zero attached hydrogens (tertiary/aromatic N) is 1. The molecule has 6 aliphatic rings. The smallest absolute Gasteiger partial charge is 0.325 e. The Labute approximate surface area is 176 Å². The zero-order valence-corrected chi connectivity index (χ0v) is 17.3. The summed E-state index contributed by atoms with van der Waals surface area (Å²) in [6.07, 6.45) is 9.11. The van der Waals surface area contributed by atoms with Gasteiger partial charge in [0, 0.05) is 6.54 Å². The maximum atomic E-state index is 13.2. The molecular weight excluding hydrogens is 378 g/mol. The third-order valence-electron chi connectivity index (χ3n) is 8.55. The Bertz CT molecular complexity index is 906. The molecule has 5 aliphatic carbocycles. The van der Waals surface area contributed by atoms with Crippen molar-refractivity contribution in [3.63, 3.8) is 0 Å². The second-order valence-corrected chi connectivity index (χ2v) is 10.6. The molecule has 4 amide bonds. The van der Waals surface area contributed by atoms with Crippen molar-refractivity contribution in [3.05, 3.63) is 35.4 Å². The highest BCUT2D eigenvalue weighted by Crippen LogP contribution is 2.59. The number of carbonyl (C=O) groups excluding carboxylic acids is 3. The Balaban J connectivity index is 1.13. The molecule has 1 atom stereocenters. The fourth-order valence-electron chi connectivity index (χ4n) is 7.73. The first-order valence-corrected chi connectivity index (χ1v) is 11.5. The van der Waals surface area contributed by atoms with Crippen molar-refractivity contribution in [1.29, 1.82) is 0 Å². The summed E-state index contributed by atoms with van der Waals surface area (Å²) in [5, 5.41) is 5.99. The van der Waals surface area contributed by atoms with E-state index in [0.29, 0.717) is 13.0 Å². The predicted octanol–water partition coefficient (Wildman–Crippen LogP) is 2.71. The van der Waals surface area contributed by atoms with Gasteiger partial charge in [-0.05, 0) is 85.7 Å². The van der Waals surface area contributed by atoms with Gasteiger partial charge < -0.3 is 10.6 Å². The highest BCUT2D eigenvalue weighted by molar-refractivity contribution is 6.09. The second kappa shape index (κ2) is 6.32. The van der Waals surface area contributed by atoms with E-state index in [9.17, 15) is 14.4 Å². The van der Waals surface area contributed by atoms with E-state index >= 15 is 0 Å². The number of amides is 4. The minimum Gasteiger partial charge on any atom is -0.354 e. The lowest BCUT2D eigenvalue weighted by atomic mass is 9.49. The highest BCUT2D eigenvalue weighted by atomic mass is 16.2. The van der Waals surface area contributed by atoms with Gasteiger partial charge in [-0.15, -0.1) is 0 Å². The van der Waals surface area contributed by atoms with Gasteiger partial charge in [0.25, 0.3) is 5.91 Å². The molecule has 1 saturated heterocycles. The lowest BCUT2D eigenvalue weighted by Crippen LogP contribution is -2.52. The molecule has 30 heavy (non-hydrogen) atoms. The number of imide groups is 1. The van der Waals surface area contributed by atoms with E-state index in [0.717, 1.165) is 40.2 Å². The SMILES string of the molecule is O=C(CN1C(=O)NC2(CCc3ccccc32)C1=O)NCC12CC3CC(CC(C3)C1)C2. The van der Waals surface area contributed by atoms with Crippen LogP contribution in [0.15, 0.2) is 24.3 Å². The lowest BCUT2D eigenvalue weighted by Gasteiger charge is -2.56. The van der Waals surface area contributed by atoms with E-state index < -0.39 is 11.6 Å². The monoisotopic (exact) mass is 407 g/mol. The Morgan fingerprint density at radius 3 is 2.43 bits per heavy atom. The van der Waals surface area contributed by atoms with E-state index in [2.05, 4.69) is 10.6 Å². The Kier molecular flexibility index (Phi) is 3.87. The molecule has 7 rings (SSSR count). The average molecular weight is 408 g/mol. The van der Waals surface area contributed by atoms with Gasteiger partial charge in [0.15, 0.2) is 0 Å². The molecule has 1 aromatic rings. The van der Waals surface area contributed by atoms with Crippen LogP contribution in [-0.4, -0.2) is 35.8 Å². The number of carbonyl (C=O) groups is 3. The Morgan fingerprint density at radius 1 is 1.07 bits per heavy atom. The van der Waals surface area contributed by atoms with Crippen molar-refractivity contribution in [2.24, 2.45) is 23.2 Å². The third-order valence-corrected chi connectivity index (χ3v) is 8.55. The summed E-state index contributed by atoms with van der Waals surface area (Å²) in [4.78, 5) is 39.7. The molecular formula is C24H29N3O3. The van der Waals surface area contributed by atoms with Crippen molar-refractivity contribution in [3.8, 4) is 0 Å². The van der Waals surface area contributed by atoms with Crippen LogP contribution < -0.4 is 10.6 Å². The molecule has 1 aromatic carbocycles. The number of urea groups is 1. The molecule has 158 valence electrons. The number of benzene rings is 1. The van der Waals surface area contributed by atoms with Crippen molar-refractivity contribution >= 4 is 17.8 Å². The van der Waals surface area contributed by atoms with Crippen molar-refractivity contribution in [2.45, 2.75) is 56.9 Å². The van der Waals surface area contributed by atoms with Crippen LogP contribution in [0.4, 0.5) is 4.79 Å². The van der Waals surface area contributed by atoms with Crippen LogP contribution in [0.1, 0.15) is 56.1 Å². The lowest BCUT2D eigenvalue weighted by molar-refractivity contribution is -0.135. The molecule has 0 aromatic heterocycles. The largest absolute Gasteiger partial charge is 0.354 e. The van der Waals surface area contributed by atoms with E-state index in [1.165, 1.54) is 38.5 Å². The van der Waals surface area contributed by atoms with Gasteiger partial charge in [0.2, 0.25) is 5.91 Å². The molecule has 6 nitrogen and oxygen atoms in total. The van der Waals surface area contributed by atoms with Crippen molar-refractivity contribution < 1.29 is 14.4 Å². The molecule has 0 radical (unpaired) electrons. The number of hydrogen-bond acceptors (Lipinski definition) is 3. The third kappa shape index (κ3) is 2.65. The predicted molar refractivity (Wildman–Crippen MR) is 110 cm³/mol. The average Bonchev–Trinajstić information content (AvgIpc) is 3.19. The Morgan fingerprint density at radius 2 is 1.73 bits per heavy atom. The van der Waals surface area contributed by atoms with Crippen LogP contribution in [0.2, 0.25) is 0 Å². The van der Waals surface area contributed by atoms with Crippen LogP contribution in [-0.2, 0) is 21.5 Å². The van der Waals surface area contributed by atoms with Crippen LogP contribution in [0.3, 0.4) is 0 Å². The van der Waals surface area contributed by atoms with Gasteiger partial charge >= 0.3 is 6.03 Å². The number of aryl methyl sites for hydroxylation is 1. The molecule has 1 unspecified atom stereocenters. The minimum atomic E-state index is -0.992. The first kappa shape index (κ1) is 18.4. The van der Waals surface area contributed by atoms with Gasteiger partial charge in [0.05, 0.1) is 0 Å². The summed E-state index contributed by atoms with van der Waals surface area (Å²) >= 11 is 0. The fraction of sp³-hybridized carbons (Fsp3) is 0.625. The zero-order chi connectivity index (χ0) is 20.5. The summed E-state index contributed by atoms with van der Waals surface area (Å²) in [6.45, 7) is 0.494. The highest BCUT2D eigenvalue weighted by Gasteiger charge is 2.56. The van der Waals surface area contributed by atoms with E-state index in [1.54, 1.807) is 0 Å². The van der Waals surface area contributed by atoms with Crippen molar-refractivity contribution in [1.82, 2.24) is 15.5 Å². The molecule has 2 N–H and O–H groups in total. The molecule has 5 fully saturated rings. The first-order chi connectivity index (χ1) is 14.5. The van der Waals surface area contributed by atoms with Gasteiger partial charge in [-0.25, -0.2) is 4.79 Å². The van der Waals surface area contributed by atoms with E-state index in [4.69, 9.17) is 0 Å². The summed E-state index contributed by atoms with van der Waals surface area (Å²) < 4.78 is 0. The standard InChI is InChI=1S/C24H29N3O3/c28-20(25-14-23-10-15-7-16(11-23)9-17(8-15)12-23)13-27-21(29)24(26-22(27)30)6-5-18-3-1-2-4-19(18)24/h1-4,15-17H,5-14H2,(H,25,28)(H,26,30). The normalized spacial score (nSPS) is 38.3. The molecule has 1 spiro atoms. The molecule has 1 aliphatic heterocycles. The van der Waals surface area contributed by atoms with Gasteiger partial charge in [-0.1, -0.05) is 24.3 Å². The summed E-state index contributed by atoms with van der Waals surface area (Å²) in [6, 6.07) is 7.31. The van der Waals surface area contributed by atoms with E-state index in [-0.39, 0.29) is 23.8 Å². The summed E-state index contributed by atoms with van der Waals surface area (Å²) in [5.74, 6) is 1.99. The minimum absolute atomic E-state index is 0.194. The van der Waals surface area contributed by atoms with E-state index in [1.807, 2.05) is 24.3 Å². The van der Waals surface area contributed by atoms with Gasteiger partial charge in [-0.3, -0.25) is 14.5 Å². The van der Waals surface area contributed by atoms with Crippen LogP contribution >= 0.6 is 0 Å². The van der Waals surface area contributed by atoms with Crippen LogP contribution in [0.25, 0.3) is 0 Å². The molecule has 4 saturated carbocycles. The zero-order valence-electron chi connectivity index (χ0n) is 17.3. The number of fused-ring (bicyclic) bond motifs is 2. The fourth-order valence-corrected chi connectivity index (χ4v) is 7.73. The number of rotatable bonds is 4. The number of nitrogens with one attached hydrogen (secondary N) is 2. The Hall–Kier alpha value is -2.37. The summed E-state index contributed by atoms with van der Waals surface area (Å²) in [5.41, 5.74) is 1.22. The maximum Gasteiger partial charge on any atom is 0.325 e.